The molecule has 1 aromatic heterocycles. The minimum absolute atomic E-state index is 1.13. The second kappa shape index (κ2) is 5.68. The summed E-state index contributed by atoms with van der Waals surface area (Å²) in [4.78, 5) is 8.63. The van der Waals surface area contributed by atoms with Gasteiger partial charge in [-0.05, 0) is 25.7 Å². The predicted octanol–water partition coefficient (Wildman–Crippen LogP) is 2.77. The zero-order chi connectivity index (χ0) is 9.52. The maximum atomic E-state index is 4.32. The standard InChI is InChI=1S/C9H12N2.C2H6/c1-2-4-8-9(5-3-1)11-7-6-10-8;1-2/h6-7H,1-5H2;1-2H3. The largest absolute Gasteiger partial charge is 0.258 e. The van der Waals surface area contributed by atoms with E-state index in [-0.39, 0.29) is 0 Å². The number of hydrogen-bond donors (Lipinski definition) is 0. The third-order valence-electron chi connectivity index (χ3n) is 2.19. The minimum atomic E-state index is 1.13. The fourth-order valence-electron chi connectivity index (χ4n) is 1.57. The maximum Gasteiger partial charge on any atom is 0.0618 e. The molecule has 0 unspecified atom stereocenters. The van der Waals surface area contributed by atoms with Gasteiger partial charge in [-0.25, -0.2) is 0 Å². The molecule has 0 N–H and O–H groups in total. The van der Waals surface area contributed by atoms with E-state index >= 15 is 0 Å². The van der Waals surface area contributed by atoms with Gasteiger partial charge in [-0.1, -0.05) is 20.3 Å². The summed E-state index contributed by atoms with van der Waals surface area (Å²) in [5.74, 6) is 0. The van der Waals surface area contributed by atoms with E-state index in [1.165, 1.54) is 30.7 Å². The average Bonchev–Trinajstić information content (AvgIpc) is 2.45. The van der Waals surface area contributed by atoms with Gasteiger partial charge in [0.05, 0.1) is 11.4 Å². The van der Waals surface area contributed by atoms with Crippen LogP contribution in [0, 0.1) is 0 Å². The molecule has 72 valence electrons. The van der Waals surface area contributed by atoms with Crippen molar-refractivity contribution < 1.29 is 0 Å². The van der Waals surface area contributed by atoms with Crippen LogP contribution in [0.5, 0.6) is 0 Å². The molecule has 13 heavy (non-hydrogen) atoms. The second-order valence-corrected chi connectivity index (χ2v) is 3.01. The van der Waals surface area contributed by atoms with Crippen LogP contribution in [0.4, 0.5) is 0 Å². The van der Waals surface area contributed by atoms with E-state index in [0.717, 1.165) is 12.8 Å². The van der Waals surface area contributed by atoms with E-state index in [4.69, 9.17) is 0 Å². The lowest BCUT2D eigenvalue weighted by molar-refractivity contribution is 0.706. The molecule has 1 aliphatic carbocycles. The van der Waals surface area contributed by atoms with Crippen molar-refractivity contribution in [3.8, 4) is 0 Å². The van der Waals surface area contributed by atoms with Crippen LogP contribution < -0.4 is 0 Å². The van der Waals surface area contributed by atoms with Crippen molar-refractivity contribution >= 4 is 0 Å². The van der Waals surface area contributed by atoms with Gasteiger partial charge in [0.2, 0.25) is 0 Å². The Morgan fingerprint density at radius 3 is 1.77 bits per heavy atom. The normalized spacial score (nSPS) is 14.9. The summed E-state index contributed by atoms with van der Waals surface area (Å²) in [5, 5.41) is 0. The van der Waals surface area contributed by atoms with Gasteiger partial charge >= 0.3 is 0 Å². The molecule has 0 saturated carbocycles. The first-order chi connectivity index (χ1) is 6.47. The van der Waals surface area contributed by atoms with Crippen molar-refractivity contribution in [1.82, 2.24) is 9.97 Å². The zero-order valence-corrected chi connectivity index (χ0v) is 8.58. The highest BCUT2D eigenvalue weighted by Crippen LogP contribution is 2.15. The average molecular weight is 178 g/mol. The molecule has 0 fully saturated rings. The van der Waals surface area contributed by atoms with E-state index in [0.29, 0.717) is 0 Å². The lowest BCUT2D eigenvalue weighted by Crippen LogP contribution is -1.96. The summed E-state index contributed by atoms with van der Waals surface area (Å²) in [6.45, 7) is 4.00. The van der Waals surface area contributed by atoms with Crippen LogP contribution >= 0.6 is 0 Å². The Balaban J connectivity index is 0.000000396. The predicted molar refractivity (Wildman–Crippen MR) is 54.6 cm³/mol. The number of rotatable bonds is 0. The van der Waals surface area contributed by atoms with Crippen LogP contribution in [0.2, 0.25) is 0 Å². The third kappa shape index (κ3) is 2.79. The Morgan fingerprint density at radius 1 is 0.846 bits per heavy atom. The zero-order valence-electron chi connectivity index (χ0n) is 8.58. The van der Waals surface area contributed by atoms with Crippen LogP contribution in [0.1, 0.15) is 44.5 Å². The van der Waals surface area contributed by atoms with Crippen LogP contribution in [-0.4, -0.2) is 9.97 Å². The fraction of sp³-hybridized carbons (Fsp3) is 0.636. The summed E-state index contributed by atoms with van der Waals surface area (Å²) < 4.78 is 0. The molecule has 0 radical (unpaired) electrons. The number of hydrogen-bond acceptors (Lipinski definition) is 2. The molecule has 2 rings (SSSR count). The number of nitrogens with zero attached hydrogens (tertiary/aromatic N) is 2. The quantitative estimate of drug-likeness (QED) is 0.571. The maximum absolute atomic E-state index is 4.32. The minimum Gasteiger partial charge on any atom is -0.258 e. The Bertz CT molecular complexity index is 221. The molecular formula is C11H18N2. The monoisotopic (exact) mass is 178 g/mol. The highest BCUT2D eigenvalue weighted by molar-refractivity contribution is 5.11. The Kier molecular flexibility index (Phi) is 4.44. The molecule has 1 aromatic rings. The van der Waals surface area contributed by atoms with E-state index in [1.807, 2.05) is 13.8 Å². The van der Waals surface area contributed by atoms with Crippen molar-refractivity contribution in [3.05, 3.63) is 23.8 Å². The smallest absolute Gasteiger partial charge is 0.0618 e. The van der Waals surface area contributed by atoms with Gasteiger partial charge in [0.1, 0.15) is 0 Å². The summed E-state index contributed by atoms with van der Waals surface area (Å²) in [5.41, 5.74) is 2.45. The lowest BCUT2D eigenvalue weighted by Gasteiger charge is -1.99. The SMILES string of the molecule is CC.c1cnc2c(n1)CCCCC2. The lowest BCUT2D eigenvalue weighted by atomic mass is 10.2. The Morgan fingerprint density at radius 2 is 1.31 bits per heavy atom. The van der Waals surface area contributed by atoms with E-state index < -0.39 is 0 Å². The Labute approximate surface area is 80.4 Å². The van der Waals surface area contributed by atoms with Crippen LogP contribution in [0.15, 0.2) is 12.4 Å². The third-order valence-corrected chi connectivity index (χ3v) is 2.19. The molecule has 0 aliphatic heterocycles. The first-order valence-electron chi connectivity index (χ1n) is 5.25. The summed E-state index contributed by atoms with van der Waals surface area (Å²) in [6, 6.07) is 0. The van der Waals surface area contributed by atoms with Crippen molar-refractivity contribution in [1.29, 1.82) is 0 Å². The molecule has 0 saturated heterocycles. The van der Waals surface area contributed by atoms with Crippen molar-refractivity contribution in [3.63, 3.8) is 0 Å². The molecule has 0 spiro atoms. The number of fused-ring (bicyclic) bond motifs is 1. The van der Waals surface area contributed by atoms with Gasteiger partial charge in [-0.2, -0.15) is 0 Å². The molecule has 0 amide bonds. The molecule has 2 heteroatoms. The van der Waals surface area contributed by atoms with Crippen LogP contribution in [0.25, 0.3) is 0 Å². The molecule has 0 atom stereocenters. The van der Waals surface area contributed by atoms with Gasteiger partial charge in [0.25, 0.3) is 0 Å². The number of aromatic nitrogens is 2. The highest BCUT2D eigenvalue weighted by Gasteiger charge is 2.08. The van der Waals surface area contributed by atoms with Gasteiger partial charge in [-0.15, -0.1) is 0 Å². The van der Waals surface area contributed by atoms with Crippen molar-refractivity contribution in [2.45, 2.75) is 46.0 Å². The van der Waals surface area contributed by atoms with Crippen molar-refractivity contribution in [2.75, 3.05) is 0 Å². The van der Waals surface area contributed by atoms with Crippen molar-refractivity contribution in [2.24, 2.45) is 0 Å². The summed E-state index contributed by atoms with van der Waals surface area (Å²) in [6.07, 6.45) is 9.75. The van der Waals surface area contributed by atoms with Gasteiger partial charge in [-0.3, -0.25) is 9.97 Å². The summed E-state index contributed by atoms with van der Waals surface area (Å²) in [7, 11) is 0. The fourth-order valence-corrected chi connectivity index (χ4v) is 1.57. The molecule has 0 aromatic carbocycles. The van der Waals surface area contributed by atoms with E-state index in [2.05, 4.69) is 9.97 Å². The topological polar surface area (TPSA) is 25.8 Å². The van der Waals surface area contributed by atoms with Crippen LogP contribution in [-0.2, 0) is 12.8 Å². The van der Waals surface area contributed by atoms with Gasteiger partial charge < -0.3 is 0 Å². The van der Waals surface area contributed by atoms with E-state index in [9.17, 15) is 0 Å². The number of aryl methyl sites for hydroxylation is 2. The second-order valence-electron chi connectivity index (χ2n) is 3.01. The molecule has 2 nitrogen and oxygen atoms in total. The first kappa shape index (κ1) is 10.2. The van der Waals surface area contributed by atoms with Crippen LogP contribution in [0.3, 0.4) is 0 Å². The van der Waals surface area contributed by atoms with E-state index in [1.54, 1.807) is 12.4 Å². The molecule has 0 bridgehead atoms. The summed E-state index contributed by atoms with van der Waals surface area (Å²) >= 11 is 0. The highest BCUT2D eigenvalue weighted by atomic mass is 14.8. The molecule has 1 aliphatic rings. The first-order valence-corrected chi connectivity index (χ1v) is 5.25. The Hall–Kier alpha value is -0.920. The molecular weight excluding hydrogens is 160 g/mol. The molecule has 1 heterocycles. The van der Waals surface area contributed by atoms with Gasteiger partial charge in [0, 0.05) is 12.4 Å². The van der Waals surface area contributed by atoms with Gasteiger partial charge in [0.15, 0.2) is 0 Å².